The number of hydrogen-bond acceptors (Lipinski definition) is 6. The number of carbonyl (C=O) groups is 1. The van der Waals surface area contributed by atoms with Crippen LogP contribution in [-0.2, 0) is 16.4 Å². The van der Waals surface area contributed by atoms with Crippen molar-refractivity contribution in [1.82, 2.24) is 9.97 Å². The Bertz CT molecular complexity index is 1390. The number of rotatable bonds is 6. The normalized spacial score (nSPS) is 11.8. The van der Waals surface area contributed by atoms with E-state index in [1.54, 1.807) is 43.3 Å². The smallest absolute Gasteiger partial charge is 0.260 e. The van der Waals surface area contributed by atoms with Crippen molar-refractivity contribution in [3.8, 4) is 0 Å². The van der Waals surface area contributed by atoms with E-state index >= 15 is 0 Å². The number of aryl methyl sites for hydroxylation is 2. The molecule has 0 saturated heterocycles. The number of amides is 1. The SMILES string of the molecule is Cc1cc2nc(N(Cc3cccnc3)C(=O)c3cccc(S(=O)(=O)C(C)C)c3)sc2cc1C. The van der Waals surface area contributed by atoms with E-state index in [-0.39, 0.29) is 17.3 Å². The highest BCUT2D eigenvalue weighted by Crippen LogP contribution is 2.32. The minimum atomic E-state index is -3.51. The van der Waals surface area contributed by atoms with Crippen molar-refractivity contribution in [1.29, 1.82) is 0 Å². The molecule has 0 spiro atoms. The van der Waals surface area contributed by atoms with Crippen molar-refractivity contribution < 1.29 is 13.2 Å². The molecule has 170 valence electrons. The lowest BCUT2D eigenvalue weighted by atomic mass is 10.1. The van der Waals surface area contributed by atoms with Crippen LogP contribution in [0.5, 0.6) is 0 Å². The van der Waals surface area contributed by atoms with Crippen molar-refractivity contribution in [3.63, 3.8) is 0 Å². The summed E-state index contributed by atoms with van der Waals surface area (Å²) in [6.45, 7) is 7.61. The number of thiazole rings is 1. The van der Waals surface area contributed by atoms with E-state index in [0.29, 0.717) is 10.7 Å². The number of pyridine rings is 1. The van der Waals surface area contributed by atoms with Gasteiger partial charge in [-0.2, -0.15) is 0 Å². The Kier molecular flexibility index (Phi) is 6.32. The predicted molar refractivity (Wildman–Crippen MR) is 133 cm³/mol. The molecule has 0 N–H and O–H groups in total. The molecule has 33 heavy (non-hydrogen) atoms. The number of anilines is 1. The van der Waals surface area contributed by atoms with E-state index in [9.17, 15) is 13.2 Å². The van der Waals surface area contributed by atoms with Gasteiger partial charge in [-0.25, -0.2) is 13.4 Å². The highest BCUT2D eigenvalue weighted by Gasteiger charge is 2.25. The fourth-order valence-electron chi connectivity index (χ4n) is 3.42. The fraction of sp³-hybridized carbons (Fsp3) is 0.240. The van der Waals surface area contributed by atoms with Crippen LogP contribution >= 0.6 is 11.3 Å². The van der Waals surface area contributed by atoms with Gasteiger partial charge in [-0.15, -0.1) is 0 Å². The quantitative estimate of drug-likeness (QED) is 0.373. The molecule has 2 heterocycles. The topological polar surface area (TPSA) is 80.2 Å². The number of sulfone groups is 1. The van der Waals surface area contributed by atoms with Gasteiger partial charge in [0.25, 0.3) is 5.91 Å². The first-order valence-corrected chi connectivity index (χ1v) is 13.0. The highest BCUT2D eigenvalue weighted by atomic mass is 32.2. The molecular formula is C25H25N3O3S2. The van der Waals surface area contributed by atoms with Crippen molar-refractivity contribution in [3.05, 3.63) is 83.2 Å². The summed E-state index contributed by atoms with van der Waals surface area (Å²) in [7, 11) is -3.51. The molecule has 4 rings (SSSR count). The second-order valence-corrected chi connectivity index (χ2v) is 11.8. The van der Waals surface area contributed by atoms with Gasteiger partial charge in [-0.3, -0.25) is 14.7 Å². The van der Waals surface area contributed by atoms with Crippen LogP contribution in [0.2, 0.25) is 0 Å². The average molecular weight is 480 g/mol. The zero-order valence-electron chi connectivity index (χ0n) is 18.9. The monoisotopic (exact) mass is 479 g/mol. The van der Waals surface area contributed by atoms with Crippen LogP contribution in [0, 0.1) is 13.8 Å². The van der Waals surface area contributed by atoms with Crippen LogP contribution in [0.25, 0.3) is 10.2 Å². The van der Waals surface area contributed by atoms with Crippen LogP contribution in [0.1, 0.15) is 40.9 Å². The second kappa shape index (κ2) is 9.03. The van der Waals surface area contributed by atoms with E-state index in [1.165, 1.54) is 23.5 Å². The third-order valence-corrected chi connectivity index (χ3v) is 8.76. The molecule has 0 unspecified atom stereocenters. The molecule has 0 radical (unpaired) electrons. The van der Waals surface area contributed by atoms with Gasteiger partial charge >= 0.3 is 0 Å². The predicted octanol–water partition coefficient (Wildman–Crippen LogP) is 5.34. The van der Waals surface area contributed by atoms with Crippen LogP contribution in [-0.4, -0.2) is 29.5 Å². The third kappa shape index (κ3) is 4.67. The molecule has 1 amide bonds. The van der Waals surface area contributed by atoms with Gasteiger partial charge in [-0.05, 0) is 80.8 Å². The number of nitrogens with zero attached hydrogens (tertiary/aromatic N) is 3. The van der Waals surface area contributed by atoms with Gasteiger partial charge in [0, 0.05) is 18.0 Å². The first kappa shape index (κ1) is 23.1. The van der Waals surface area contributed by atoms with Crippen molar-refractivity contribution in [2.75, 3.05) is 4.90 Å². The molecule has 0 atom stereocenters. The first-order valence-electron chi connectivity index (χ1n) is 10.6. The fourth-order valence-corrected chi connectivity index (χ4v) is 5.56. The highest BCUT2D eigenvalue weighted by molar-refractivity contribution is 7.92. The Hall–Kier alpha value is -3.10. The molecule has 0 fully saturated rings. The van der Waals surface area contributed by atoms with Gasteiger partial charge in [-0.1, -0.05) is 23.5 Å². The van der Waals surface area contributed by atoms with E-state index in [0.717, 1.165) is 26.9 Å². The maximum absolute atomic E-state index is 13.7. The van der Waals surface area contributed by atoms with Crippen LogP contribution in [0.3, 0.4) is 0 Å². The summed E-state index contributed by atoms with van der Waals surface area (Å²) in [5.41, 5.74) is 4.28. The third-order valence-electron chi connectivity index (χ3n) is 5.56. The molecule has 0 aliphatic carbocycles. The number of fused-ring (bicyclic) bond motifs is 1. The summed E-state index contributed by atoms with van der Waals surface area (Å²) in [5.74, 6) is -0.313. The number of benzene rings is 2. The largest absolute Gasteiger partial charge is 0.279 e. The van der Waals surface area contributed by atoms with E-state index in [1.807, 2.05) is 32.0 Å². The van der Waals surface area contributed by atoms with Gasteiger partial charge in [0.2, 0.25) is 0 Å². The molecule has 0 saturated carbocycles. The standard InChI is InChI=1S/C25H25N3O3S2/c1-16(2)33(30,31)21-9-5-8-20(13-21)24(29)28(15-19-7-6-10-26-14-19)25-27-22-11-17(3)18(4)12-23(22)32-25/h5-14,16H,15H2,1-4H3. The van der Waals surface area contributed by atoms with Crippen molar-refractivity contribution in [2.24, 2.45) is 0 Å². The molecule has 2 aromatic carbocycles. The number of hydrogen-bond donors (Lipinski definition) is 0. The lowest BCUT2D eigenvalue weighted by molar-refractivity contribution is 0.0985. The first-order chi connectivity index (χ1) is 15.7. The molecule has 2 aromatic heterocycles. The number of aromatic nitrogens is 2. The Balaban J connectivity index is 1.80. The maximum Gasteiger partial charge on any atom is 0.260 e. The summed E-state index contributed by atoms with van der Waals surface area (Å²) in [6, 6.07) is 14.0. The van der Waals surface area contributed by atoms with Crippen molar-refractivity contribution >= 4 is 42.4 Å². The lowest BCUT2D eigenvalue weighted by Gasteiger charge is -2.20. The van der Waals surface area contributed by atoms with E-state index < -0.39 is 15.1 Å². The minimum Gasteiger partial charge on any atom is -0.279 e. The Morgan fingerprint density at radius 3 is 2.52 bits per heavy atom. The Labute approximate surface area is 197 Å². The minimum absolute atomic E-state index is 0.139. The summed E-state index contributed by atoms with van der Waals surface area (Å²) < 4.78 is 26.3. The van der Waals surface area contributed by atoms with Gasteiger partial charge in [0.05, 0.1) is 26.9 Å². The van der Waals surface area contributed by atoms with Gasteiger partial charge in [0.1, 0.15) is 0 Å². The Morgan fingerprint density at radius 2 is 1.82 bits per heavy atom. The van der Waals surface area contributed by atoms with Crippen molar-refractivity contribution in [2.45, 2.75) is 44.4 Å². The molecule has 4 aromatic rings. The molecule has 0 aliphatic rings. The van der Waals surface area contributed by atoms with Crippen LogP contribution in [0.15, 0.2) is 65.8 Å². The van der Waals surface area contributed by atoms with Gasteiger partial charge < -0.3 is 0 Å². The molecule has 0 bridgehead atoms. The number of carbonyl (C=O) groups excluding carboxylic acids is 1. The summed E-state index contributed by atoms with van der Waals surface area (Å²) in [4.78, 5) is 24.3. The second-order valence-electron chi connectivity index (χ2n) is 8.27. The summed E-state index contributed by atoms with van der Waals surface area (Å²) >= 11 is 1.44. The van der Waals surface area contributed by atoms with E-state index in [2.05, 4.69) is 11.1 Å². The summed E-state index contributed by atoms with van der Waals surface area (Å²) in [6.07, 6.45) is 3.39. The maximum atomic E-state index is 13.7. The zero-order chi connectivity index (χ0) is 23.8. The van der Waals surface area contributed by atoms with Crippen LogP contribution < -0.4 is 4.90 Å². The van der Waals surface area contributed by atoms with Crippen LogP contribution in [0.4, 0.5) is 5.13 Å². The molecule has 0 aliphatic heterocycles. The van der Waals surface area contributed by atoms with E-state index in [4.69, 9.17) is 4.98 Å². The molecule has 8 heteroatoms. The zero-order valence-corrected chi connectivity index (χ0v) is 20.6. The van der Waals surface area contributed by atoms with Gasteiger partial charge in [0.15, 0.2) is 15.0 Å². The average Bonchev–Trinajstić information content (AvgIpc) is 3.20. The molecule has 6 nitrogen and oxygen atoms in total. The Morgan fingerprint density at radius 1 is 1.06 bits per heavy atom. The summed E-state index contributed by atoms with van der Waals surface area (Å²) in [5, 5.41) is -0.0222. The lowest BCUT2D eigenvalue weighted by Crippen LogP contribution is -2.30. The molecular weight excluding hydrogens is 454 g/mol.